The highest BCUT2D eigenvalue weighted by Crippen LogP contribution is 2.31. The van der Waals surface area contributed by atoms with Crippen molar-refractivity contribution >= 4 is 86.4 Å². The molecule has 0 saturated carbocycles. The van der Waals surface area contributed by atoms with E-state index in [1.807, 2.05) is 18.2 Å². The zero-order valence-corrected chi connectivity index (χ0v) is 18.7. The molecule has 5 nitrogen and oxygen atoms in total. The predicted octanol–water partition coefficient (Wildman–Crippen LogP) is 4.96. The minimum absolute atomic E-state index is 0.211. The molecule has 0 unspecified atom stereocenters. The van der Waals surface area contributed by atoms with Gasteiger partial charge in [-0.2, -0.15) is 0 Å². The SMILES string of the molecule is O=C1NC(=O)/C(=C\c2cc(I)c(OCc3ccc(Cl)cc3Cl)c(I)c2)N1. The van der Waals surface area contributed by atoms with Gasteiger partial charge in [0.1, 0.15) is 18.1 Å². The molecule has 1 saturated heterocycles. The van der Waals surface area contributed by atoms with Gasteiger partial charge in [0, 0.05) is 15.6 Å². The second-order valence-electron chi connectivity index (χ2n) is 5.30. The van der Waals surface area contributed by atoms with Gasteiger partial charge in [-0.3, -0.25) is 10.1 Å². The second-order valence-corrected chi connectivity index (χ2v) is 8.47. The number of urea groups is 1. The number of rotatable bonds is 4. The maximum atomic E-state index is 11.6. The van der Waals surface area contributed by atoms with Crippen molar-refractivity contribution in [2.24, 2.45) is 0 Å². The Kier molecular flexibility index (Phi) is 6.31. The van der Waals surface area contributed by atoms with Gasteiger partial charge in [-0.15, -0.1) is 0 Å². The lowest BCUT2D eigenvalue weighted by Gasteiger charge is -2.12. The topological polar surface area (TPSA) is 67.4 Å². The van der Waals surface area contributed by atoms with Crippen molar-refractivity contribution in [2.45, 2.75) is 6.61 Å². The lowest BCUT2D eigenvalue weighted by molar-refractivity contribution is -0.115. The molecule has 26 heavy (non-hydrogen) atoms. The van der Waals surface area contributed by atoms with Crippen LogP contribution < -0.4 is 15.4 Å². The van der Waals surface area contributed by atoms with Crippen molar-refractivity contribution < 1.29 is 14.3 Å². The van der Waals surface area contributed by atoms with Crippen LogP contribution >= 0.6 is 68.4 Å². The van der Waals surface area contributed by atoms with Crippen LogP contribution in [0.4, 0.5) is 4.79 Å². The van der Waals surface area contributed by atoms with Crippen LogP contribution in [-0.4, -0.2) is 11.9 Å². The number of hydrogen-bond acceptors (Lipinski definition) is 3. The van der Waals surface area contributed by atoms with E-state index in [4.69, 9.17) is 27.9 Å². The van der Waals surface area contributed by atoms with Crippen molar-refractivity contribution in [3.05, 3.63) is 64.3 Å². The largest absolute Gasteiger partial charge is 0.487 e. The van der Waals surface area contributed by atoms with Gasteiger partial charge in [-0.25, -0.2) is 4.79 Å². The maximum Gasteiger partial charge on any atom is 0.326 e. The van der Waals surface area contributed by atoms with E-state index in [9.17, 15) is 9.59 Å². The first-order valence-corrected chi connectivity index (χ1v) is 10.1. The third-order valence-corrected chi connectivity index (χ3v) is 5.63. The molecule has 1 aliphatic rings. The molecular formula is C17H10Cl2I2N2O3. The molecule has 2 aromatic carbocycles. The fraction of sp³-hybridized carbons (Fsp3) is 0.0588. The first kappa shape index (κ1) is 19.7. The molecular weight excluding hydrogens is 605 g/mol. The van der Waals surface area contributed by atoms with E-state index in [2.05, 4.69) is 55.8 Å². The Bertz CT molecular complexity index is 925. The van der Waals surface area contributed by atoms with Gasteiger partial charge in [0.05, 0.1) is 7.14 Å². The molecule has 9 heteroatoms. The number of amides is 3. The summed E-state index contributed by atoms with van der Waals surface area (Å²) in [5.41, 5.74) is 1.82. The summed E-state index contributed by atoms with van der Waals surface area (Å²) in [6.07, 6.45) is 1.62. The van der Waals surface area contributed by atoms with E-state index in [1.165, 1.54) is 0 Å². The average molecular weight is 615 g/mol. The van der Waals surface area contributed by atoms with Gasteiger partial charge in [0.15, 0.2) is 0 Å². The molecule has 0 radical (unpaired) electrons. The van der Waals surface area contributed by atoms with Gasteiger partial charge < -0.3 is 10.1 Å². The van der Waals surface area contributed by atoms with E-state index in [0.717, 1.165) is 24.0 Å². The molecule has 1 fully saturated rings. The van der Waals surface area contributed by atoms with Crippen LogP contribution in [0.5, 0.6) is 5.75 Å². The van der Waals surface area contributed by atoms with E-state index in [1.54, 1.807) is 18.2 Å². The van der Waals surface area contributed by atoms with Crippen LogP contribution in [0.1, 0.15) is 11.1 Å². The van der Waals surface area contributed by atoms with Gasteiger partial charge in [0.25, 0.3) is 5.91 Å². The summed E-state index contributed by atoms with van der Waals surface area (Å²) in [5, 5.41) is 5.75. The molecule has 1 heterocycles. The lowest BCUT2D eigenvalue weighted by Crippen LogP contribution is -2.22. The molecule has 1 aliphatic heterocycles. The summed E-state index contributed by atoms with van der Waals surface area (Å²) in [7, 11) is 0. The maximum absolute atomic E-state index is 11.6. The second kappa shape index (κ2) is 8.32. The van der Waals surface area contributed by atoms with Crippen molar-refractivity contribution in [1.82, 2.24) is 10.6 Å². The fourth-order valence-corrected chi connectivity index (χ4v) is 4.83. The number of halogens is 4. The Balaban J connectivity index is 1.80. The summed E-state index contributed by atoms with van der Waals surface area (Å²) in [6.45, 7) is 0.306. The van der Waals surface area contributed by atoms with E-state index >= 15 is 0 Å². The normalized spacial score (nSPS) is 15.2. The smallest absolute Gasteiger partial charge is 0.326 e. The molecule has 2 N–H and O–H groups in total. The summed E-state index contributed by atoms with van der Waals surface area (Å²) in [6, 6.07) is 8.47. The lowest BCUT2D eigenvalue weighted by atomic mass is 10.2. The first-order valence-electron chi connectivity index (χ1n) is 7.23. The summed E-state index contributed by atoms with van der Waals surface area (Å²) < 4.78 is 7.67. The molecule has 134 valence electrons. The van der Waals surface area contributed by atoms with Gasteiger partial charge >= 0.3 is 6.03 Å². The number of carbonyl (C=O) groups is 2. The first-order chi connectivity index (χ1) is 12.3. The molecule has 2 aromatic rings. The molecule has 3 rings (SSSR count). The zero-order chi connectivity index (χ0) is 18.8. The quantitative estimate of drug-likeness (QED) is 0.291. The highest BCUT2D eigenvalue weighted by molar-refractivity contribution is 14.1. The van der Waals surface area contributed by atoms with Crippen LogP contribution in [0.3, 0.4) is 0 Å². The van der Waals surface area contributed by atoms with Crippen LogP contribution in [0.25, 0.3) is 6.08 Å². The van der Waals surface area contributed by atoms with E-state index in [0.29, 0.717) is 16.7 Å². The van der Waals surface area contributed by atoms with Crippen molar-refractivity contribution in [3.63, 3.8) is 0 Å². The van der Waals surface area contributed by atoms with Gasteiger partial charge in [-0.05, 0) is 81.1 Å². The average Bonchev–Trinajstić information content (AvgIpc) is 2.86. The molecule has 3 amide bonds. The Hall–Kier alpha value is -1.04. The Morgan fingerprint density at radius 3 is 2.31 bits per heavy atom. The van der Waals surface area contributed by atoms with Crippen molar-refractivity contribution in [1.29, 1.82) is 0 Å². The van der Waals surface area contributed by atoms with Gasteiger partial charge in [-0.1, -0.05) is 29.3 Å². The number of ether oxygens (including phenoxy) is 1. The highest BCUT2D eigenvalue weighted by atomic mass is 127. The molecule has 0 spiro atoms. The van der Waals surface area contributed by atoms with Gasteiger partial charge in [0.2, 0.25) is 0 Å². The molecule has 0 aliphatic carbocycles. The Morgan fingerprint density at radius 2 is 1.73 bits per heavy atom. The van der Waals surface area contributed by atoms with Crippen molar-refractivity contribution in [2.75, 3.05) is 0 Å². The van der Waals surface area contributed by atoms with Crippen LogP contribution in [-0.2, 0) is 11.4 Å². The number of carbonyl (C=O) groups excluding carboxylic acids is 2. The van der Waals surface area contributed by atoms with E-state index < -0.39 is 11.9 Å². The summed E-state index contributed by atoms with van der Waals surface area (Å²) >= 11 is 16.4. The van der Waals surface area contributed by atoms with Crippen LogP contribution in [0.2, 0.25) is 10.0 Å². The minimum Gasteiger partial charge on any atom is -0.487 e. The van der Waals surface area contributed by atoms with Crippen LogP contribution in [0, 0.1) is 7.14 Å². The minimum atomic E-state index is -0.523. The standard InChI is InChI=1S/C17H10Cl2I2N2O3/c18-10-2-1-9(11(19)6-10)7-26-15-12(20)3-8(4-13(15)21)5-14-16(24)23-17(25)22-14/h1-6H,7H2,(H2,22,23,24,25)/b14-5+. The number of imide groups is 1. The number of nitrogens with one attached hydrogen (secondary N) is 2. The molecule has 0 bridgehead atoms. The third-order valence-electron chi connectivity index (χ3n) is 3.44. The van der Waals surface area contributed by atoms with Crippen LogP contribution in [0.15, 0.2) is 36.0 Å². The highest BCUT2D eigenvalue weighted by Gasteiger charge is 2.23. The van der Waals surface area contributed by atoms with Crippen molar-refractivity contribution in [3.8, 4) is 5.75 Å². The summed E-state index contributed by atoms with van der Waals surface area (Å²) in [5.74, 6) is 0.275. The Labute approximate surface area is 186 Å². The molecule has 0 atom stereocenters. The van der Waals surface area contributed by atoms with E-state index in [-0.39, 0.29) is 5.70 Å². The fourth-order valence-electron chi connectivity index (χ4n) is 2.24. The summed E-state index contributed by atoms with van der Waals surface area (Å²) in [4.78, 5) is 22.8. The third kappa shape index (κ3) is 4.62. The number of hydrogen-bond donors (Lipinski definition) is 2. The zero-order valence-electron chi connectivity index (χ0n) is 12.9. The Morgan fingerprint density at radius 1 is 1.04 bits per heavy atom. The number of benzene rings is 2. The monoisotopic (exact) mass is 614 g/mol. The molecule has 0 aromatic heterocycles. The predicted molar refractivity (Wildman–Crippen MR) is 117 cm³/mol.